The number of carbonyl (C=O) groups excluding carboxylic acids is 1. The summed E-state index contributed by atoms with van der Waals surface area (Å²) in [6, 6.07) is 5.88. The first-order valence-corrected chi connectivity index (χ1v) is 8.52. The molecule has 2 N–H and O–H groups in total. The minimum atomic E-state index is -0.0275. The number of nitrogens with two attached hydrogens (primary N) is 1. The predicted octanol–water partition coefficient (Wildman–Crippen LogP) is 3.50. The molecular formula is C15H17BrN2O2S. The fourth-order valence-electron chi connectivity index (χ4n) is 2.60. The zero-order valence-electron chi connectivity index (χ0n) is 11.8. The second-order valence-electron chi connectivity index (χ2n) is 5.31. The fraction of sp³-hybridized carbons (Fsp3) is 0.400. The Labute approximate surface area is 136 Å². The third kappa shape index (κ3) is 2.93. The highest BCUT2D eigenvalue weighted by molar-refractivity contribution is 9.10. The van der Waals surface area contributed by atoms with Crippen molar-refractivity contribution in [2.75, 3.05) is 25.9 Å². The second kappa shape index (κ2) is 5.94. The van der Waals surface area contributed by atoms with Crippen molar-refractivity contribution >= 4 is 48.9 Å². The average Bonchev–Trinajstić information content (AvgIpc) is 3.06. The fourth-order valence-corrected chi connectivity index (χ4v) is 4.27. The van der Waals surface area contributed by atoms with Gasteiger partial charge in [0.2, 0.25) is 0 Å². The molecule has 3 rings (SSSR count). The number of benzene rings is 1. The molecule has 1 aromatic heterocycles. The Bertz CT molecular complexity index is 680. The quantitative estimate of drug-likeness (QED) is 0.901. The molecule has 2 heterocycles. The van der Waals surface area contributed by atoms with E-state index >= 15 is 0 Å². The Morgan fingerprint density at radius 1 is 1.57 bits per heavy atom. The van der Waals surface area contributed by atoms with Gasteiger partial charge < -0.3 is 15.4 Å². The standard InChI is InChI=1S/C15H17BrN2O2S/c1-18(8-10-3-2-6-20-10)15(19)14-13(17)11-5-4-9(16)7-12(11)21-14/h4-5,7,10H,2-3,6,8,17H2,1H3. The van der Waals surface area contributed by atoms with Gasteiger partial charge >= 0.3 is 0 Å². The lowest BCUT2D eigenvalue weighted by molar-refractivity contribution is 0.0591. The monoisotopic (exact) mass is 368 g/mol. The summed E-state index contributed by atoms with van der Waals surface area (Å²) in [4.78, 5) is 14.9. The number of nitrogen functional groups attached to an aromatic ring is 1. The zero-order valence-corrected chi connectivity index (χ0v) is 14.2. The van der Waals surface area contributed by atoms with Gasteiger partial charge in [-0.15, -0.1) is 11.3 Å². The molecule has 0 radical (unpaired) electrons. The van der Waals surface area contributed by atoms with Crippen LogP contribution in [0.15, 0.2) is 22.7 Å². The number of ether oxygens (including phenoxy) is 1. The van der Waals surface area contributed by atoms with Gasteiger partial charge in [0, 0.05) is 34.8 Å². The highest BCUT2D eigenvalue weighted by Gasteiger charge is 2.24. The van der Waals surface area contributed by atoms with Crippen LogP contribution >= 0.6 is 27.3 Å². The average molecular weight is 369 g/mol. The largest absolute Gasteiger partial charge is 0.397 e. The van der Waals surface area contributed by atoms with E-state index in [4.69, 9.17) is 10.5 Å². The van der Waals surface area contributed by atoms with Gasteiger partial charge in [-0.3, -0.25) is 4.79 Å². The molecule has 6 heteroatoms. The van der Waals surface area contributed by atoms with Crippen molar-refractivity contribution in [1.82, 2.24) is 4.90 Å². The van der Waals surface area contributed by atoms with E-state index in [0.29, 0.717) is 17.1 Å². The normalized spacial score (nSPS) is 18.3. The van der Waals surface area contributed by atoms with Gasteiger partial charge in [0.15, 0.2) is 0 Å². The van der Waals surface area contributed by atoms with Crippen molar-refractivity contribution in [3.8, 4) is 0 Å². The maximum Gasteiger partial charge on any atom is 0.265 e. The highest BCUT2D eigenvalue weighted by Crippen LogP contribution is 2.36. The van der Waals surface area contributed by atoms with Gasteiger partial charge in [0.05, 0.1) is 11.8 Å². The van der Waals surface area contributed by atoms with Gasteiger partial charge in [-0.2, -0.15) is 0 Å². The van der Waals surface area contributed by atoms with Crippen LogP contribution in [0.2, 0.25) is 0 Å². The van der Waals surface area contributed by atoms with E-state index in [2.05, 4.69) is 15.9 Å². The summed E-state index contributed by atoms with van der Waals surface area (Å²) >= 11 is 4.89. The molecule has 1 aromatic carbocycles. The second-order valence-corrected chi connectivity index (χ2v) is 7.27. The number of amides is 1. The third-order valence-electron chi connectivity index (χ3n) is 3.73. The van der Waals surface area contributed by atoms with Crippen LogP contribution in [-0.2, 0) is 4.74 Å². The van der Waals surface area contributed by atoms with E-state index in [1.165, 1.54) is 11.3 Å². The number of anilines is 1. The first kappa shape index (κ1) is 14.8. The van der Waals surface area contributed by atoms with E-state index in [0.717, 1.165) is 34.0 Å². The van der Waals surface area contributed by atoms with Crippen LogP contribution in [0.5, 0.6) is 0 Å². The van der Waals surface area contributed by atoms with Crippen molar-refractivity contribution in [3.05, 3.63) is 27.5 Å². The maximum absolute atomic E-state index is 12.6. The number of fused-ring (bicyclic) bond motifs is 1. The molecule has 1 unspecified atom stereocenters. The van der Waals surface area contributed by atoms with E-state index in [1.54, 1.807) is 4.90 Å². The van der Waals surface area contributed by atoms with Gasteiger partial charge in [0.25, 0.3) is 5.91 Å². The van der Waals surface area contributed by atoms with Crippen molar-refractivity contribution in [2.45, 2.75) is 18.9 Å². The lowest BCUT2D eigenvalue weighted by Gasteiger charge is -2.20. The number of rotatable bonds is 3. The lowest BCUT2D eigenvalue weighted by Crippen LogP contribution is -2.33. The molecule has 1 aliphatic heterocycles. The minimum Gasteiger partial charge on any atom is -0.397 e. The number of nitrogens with zero attached hydrogens (tertiary/aromatic N) is 1. The van der Waals surface area contributed by atoms with E-state index in [-0.39, 0.29) is 12.0 Å². The van der Waals surface area contributed by atoms with Crippen LogP contribution in [-0.4, -0.2) is 37.1 Å². The number of hydrogen-bond donors (Lipinski definition) is 1. The molecule has 1 aliphatic rings. The molecule has 112 valence electrons. The Kier molecular flexibility index (Phi) is 4.19. The van der Waals surface area contributed by atoms with Crippen LogP contribution in [0.1, 0.15) is 22.5 Å². The smallest absolute Gasteiger partial charge is 0.265 e. The third-order valence-corrected chi connectivity index (χ3v) is 5.38. The molecule has 0 saturated carbocycles. The topological polar surface area (TPSA) is 55.6 Å². The zero-order chi connectivity index (χ0) is 15.0. The number of hydrogen-bond acceptors (Lipinski definition) is 4. The summed E-state index contributed by atoms with van der Waals surface area (Å²) in [5.74, 6) is -0.0275. The summed E-state index contributed by atoms with van der Waals surface area (Å²) in [5.41, 5.74) is 6.73. The van der Waals surface area contributed by atoms with E-state index in [1.807, 2.05) is 25.2 Å². The van der Waals surface area contributed by atoms with Crippen LogP contribution in [0.4, 0.5) is 5.69 Å². The van der Waals surface area contributed by atoms with E-state index < -0.39 is 0 Å². The summed E-state index contributed by atoms with van der Waals surface area (Å²) in [6.07, 6.45) is 2.25. The van der Waals surface area contributed by atoms with Crippen LogP contribution in [0.3, 0.4) is 0 Å². The van der Waals surface area contributed by atoms with Crippen LogP contribution in [0, 0.1) is 0 Å². The molecule has 0 aliphatic carbocycles. The summed E-state index contributed by atoms with van der Waals surface area (Å²) in [7, 11) is 1.81. The molecule has 1 fully saturated rings. The van der Waals surface area contributed by atoms with Crippen molar-refractivity contribution in [1.29, 1.82) is 0 Å². The van der Waals surface area contributed by atoms with E-state index in [9.17, 15) is 4.79 Å². The predicted molar refractivity (Wildman–Crippen MR) is 89.9 cm³/mol. The van der Waals surface area contributed by atoms with Gasteiger partial charge in [-0.1, -0.05) is 22.0 Å². The Hall–Kier alpha value is -1.11. The Balaban J connectivity index is 1.84. The Morgan fingerprint density at radius 3 is 3.10 bits per heavy atom. The summed E-state index contributed by atoms with van der Waals surface area (Å²) in [6.45, 7) is 1.42. The number of likely N-dealkylation sites (N-methyl/N-ethyl adjacent to an activating group) is 1. The first-order chi connectivity index (χ1) is 10.1. The number of halogens is 1. The molecule has 1 amide bonds. The van der Waals surface area contributed by atoms with Crippen molar-refractivity contribution in [2.24, 2.45) is 0 Å². The van der Waals surface area contributed by atoms with Crippen molar-refractivity contribution < 1.29 is 9.53 Å². The number of carbonyl (C=O) groups is 1. The van der Waals surface area contributed by atoms with Gasteiger partial charge in [-0.05, 0) is 25.0 Å². The Morgan fingerprint density at radius 2 is 2.38 bits per heavy atom. The molecule has 4 nitrogen and oxygen atoms in total. The molecule has 1 saturated heterocycles. The molecule has 1 atom stereocenters. The van der Waals surface area contributed by atoms with Crippen molar-refractivity contribution in [3.63, 3.8) is 0 Å². The molecule has 0 spiro atoms. The van der Waals surface area contributed by atoms with Gasteiger partial charge in [-0.25, -0.2) is 0 Å². The van der Waals surface area contributed by atoms with Gasteiger partial charge in [0.1, 0.15) is 4.88 Å². The van der Waals surface area contributed by atoms with Crippen LogP contribution < -0.4 is 5.73 Å². The summed E-state index contributed by atoms with van der Waals surface area (Å²) in [5, 5.41) is 0.942. The summed E-state index contributed by atoms with van der Waals surface area (Å²) < 4.78 is 7.60. The molecular weight excluding hydrogens is 352 g/mol. The molecule has 21 heavy (non-hydrogen) atoms. The number of thiophene rings is 1. The highest BCUT2D eigenvalue weighted by atomic mass is 79.9. The molecule has 2 aromatic rings. The minimum absolute atomic E-state index is 0.0275. The molecule has 0 bridgehead atoms. The maximum atomic E-state index is 12.6. The first-order valence-electron chi connectivity index (χ1n) is 6.91. The SMILES string of the molecule is CN(CC1CCCO1)C(=O)c1sc2cc(Br)ccc2c1N. The lowest BCUT2D eigenvalue weighted by atomic mass is 10.2. The van der Waals surface area contributed by atoms with Crippen LogP contribution in [0.25, 0.3) is 10.1 Å².